The minimum absolute atomic E-state index is 0.0555. The topological polar surface area (TPSA) is 121 Å². The smallest absolute Gasteiger partial charge is 0.364 e. The van der Waals surface area contributed by atoms with Gasteiger partial charge in [0.05, 0.1) is 35.5 Å². The zero-order chi connectivity index (χ0) is 25.1. The van der Waals surface area contributed by atoms with Crippen molar-refractivity contribution in [1.29, 1.82) is 5.26 Å². The van der Waals surface area contributed by atoms with E-state index in [-0.39, 0.29) is 31.1 Å². The standard InChI is InChI=1S/C24H24FN5O4S/c1-14(2)19-13-35-21(27-19)4-3-15-5-6-30-20(9-15)28-22(29-7-8-34-12-16(29)11-26)17(23(30)31)10-18(25)24(32)33/h5-6,9-10,13-14,16H,3-4,7-8,12H2,1-2H3,(H,32,33)/b18-10+. The second-order valence-electron chi connectivity index (χ2n) is 8.45. The van der Waals surface area contributed by atoms with Crippen molar-refractivity contribution in [3.8, 4) is 6.07 Å². The van der Waals surface area contributed by atoms with Crippen LogP contribution in [0.4, 0.5) is 10.2 Å². The largest absolute Gasteiger partial charge is 0.476 e. The van der Waals surface area contributed by atoms with Gasteiger partial charge in [0.2, 0.25) is 5.83 Å². The summed E-state index contributed by atoms with van der Waals surface area (Å²) in [6, 6.07) is 4.90. The van der Waals surface area contributed by atoms with Crippen molar-refractivity contribution in [2.45, 2.75) is 38.6 Å². The molecule has 4 heterocycles. The molecule has 3 aromatic rings. The van der Waals surface area contributed by atoms with Gasteiger partial charge in [0.1, 0.15) is 17.5 Å². The Hall–Kier alpha value is -3.62. The highest BCUT2D eigenvalue weighted by Gasteiger charge is 2.28. The number of hydrogen-bond acceptors (Lipinski definition) is 8. The van der Waals surface area contributed by atoms with Gasteiger partial charge in [-0.2, -0.15) is 9.65 Å². The summed E-state index contributed by atoms with van der Waals surface area (Å²) in [6.45, 7) is 4.82. The summed E-state index contributed by atoms with van der Waals surface area (Å²) in [5.74, 6) is -2.87. The SMILES string of the molecule is CC(C)c1csc(CCc2ccn3c(=O)c(/C=C(/F)C(=O)O)c(N4CCOCC4C#N)nc3c2)n1. The minimum Gasteiger partial charge on any atom is -0.476 e. The Kier molecular flexibility index (Phi) is 7.23. The number of anilines is 1. The molecule has 4 rings (SSSR count). The van der Waals surface area contributed by atoms with Gasteiger partial charge in [-0.15, -0.1) is 11.3 Å². The van der Waals surface area contributed by atoms with Gasteiger partial charge in [-0.25, -0.2) is 14.8 Å². The maximum Gasteiger partial charge on any atom is 0.364 e. The van der Waals surface area contributed by atoms with Crippen LogP contribution in [0, 0.1) is 11.3 Å². The number of halogens is 1. The van der Waals surface area contributed by atoms with Crippen LogP contribution in [0.5, 0.6) is 0 Å². The van der Waals surface area contributed by atoms with E-state index in [1.165, 1.54) is 4.40 Å². The summed E-state index contributed by atoms with van der Waals surface area (Å²) in [5.41, 5.74) is 1.45. The molecule has 182 valence electrons. The van der Waals surface area contributed by atoms with Crippen LogP contribution in [0.3, 0.4) is 0 Å². The number of nitrogens with zero attached hydrogens (tertiary/aromatic N) is 5. The fraction of sp³-hybridized carbons (Fsp3) is 0.375. The van der Waals surface area contributed by atoms with Crippen LogP contribution in [0.25, 0.3) is 11.7 Å². The number of carboxylic acids is 1. The Morgan fingerprint density at radius 2 is 2.23 bits per heavy atom. The van der Waals surface area contributed by atoms with E-state index < -0.39 is 23.4 Å². The first-order valence-electron chi connectivity index (χ1n) is 11.1. The van der Waals surface area contributed by atoms with Crippen LogP contribution in [-0.2, 0) is 22.4 Å². The average molecular weight is 498 g/mol. The summed E-state index contributed by atoms with van der Waals surface area (Å²) < 4.78 is 20.7. The number of pyridine rings is 1. The fourth-order valence-corrected chi connectivity index (χ4v) is 4.75. The number of morpholine rings is 1. The molecule has 1 aliphatic heterocycles. The normalized spacial score (nSPS) is 16.6. The molecule has 0 radical (unpaired) electrons. The number of rotatable bonds is 7. The number of fused-ring (bicyclic) bond motifs is 1. The van der Waals surface area contributed by atoms with E-state index in [0.717, 1.165) is 22.7 Å². The first-order chi connectivity index (χ1) is 16.8. The molecule has 1 fully saturated rings. The van der Waals surface area contributed by atoms with Crippen LogP contribution in [0.2, 0.25) is 0 Å². The molecule has 3 aromatic heterocycles. The van der Waals surface area contributed by atoms with E-state index in [1.54, 1.807) is 34.6 Å². The number of aliphatic carboxylic acids is 1. The average Bonchev–Trinajstić information content (AvgIpc) is 3.33. The molecule has 0 aliphatic carbocycles. The summed E-state index contributed by atoms with van der Waals surface area (Å²) >= 11 is 1.62. The van der Waals surface area contributed by atoms with Gasteiger partial charge >= 0.3 is 5.97 Å². The van der Waals surface area contributed by atoms with Crippen LogP contribution in [0.1, 0.15) is 41.6 Å². The molecule has 9 nitrogen and oxygen atoms in total. The quantitative estimate of drug-likeness (QED) is 0.494. The monoisotopic (exact) mass is 497 g/mol. The number of hydrogen-bond donors (Lipinski definition) is 1. The molecule has 1 saturated heterocycles. The molecule has 11 heteroatoms. The van der Waals surface area contributed by atoms with Crippen LogP contribution >= 0.6 is 11.3 Å². The van der Waals surface area contributed by atoms with Crippen molar-refractivity contribution < 1.29 is 19.0 Å². The Morgan fingerprint density at radius 3 is 2.91 bits per heavy atom. The molecular formula is C24H24FN5O4S. The lowest BCUT2D eigenvalue weighted by atomic mass is 10.1. The Labute approximate surface area is 204 Å². The Balaban J connectivity index is 1.75. The molecule has 1 N–H and O–H groups in total. The van der Waals surface area contributed by atoms with Gasteiger partial charge in [-0.1, -0.05) is 13.8 Å². The van der Waals surface area contributed by atoms with Crippen molar-refractivity contribution in [3.63, 3.8) is 0 Å². The van der Waals surface area contributed by atoms with Crippen molar-refractivity contribution in [3.05, 3.63) is 61.7 Å². The second-order valence-corrected chi connectivity index (χ2v) is 9.39. The number of carboxylic acid groups (broad SMARTS) is 1. The van der Waals surface area contributed by atoms with E-state index in [1.807, 2.05) is 0 Å². The molecule has 0 spiro atoms. The Bertz CT molecular complexity index is 1390. The van der Waals surface area contributed by atoms with Crippen molar-refractivity contribution >= 4 is 34.8 Å². The molecule has 1 aliphatic rings. The summed E-state index contributed by atoms with van der Waals surface area (Å²) in [7, 11) is 0. The van der Waals surface area contributed by atoms with Crippen LogP contribution in [0.15, 0.2) is 34.3 Å². The minimum atomic E-state index is -1.79. The van der Waals surface area contributed by atoms with Gasteiger partial charge < -0.3 is 14.7 Å². The van der Waals surface area contributed by atoms with E-state index in [4.69, 9.17) is 9.84 Å². The third-order valence-electron chi connectivity index (χ3n) is 5.72. The van der Waals surface area contributed by atoms with Gasteiger partial charge in [0, 0.05) is 24.5 Å². The summed E-state index contributed by atoms with van der Waals surface area (Å²) in [4.78, 5) is 35.2. The highest BCUT2D eigenvalue weighted by atomic mass is 32.1. The number of nitriles is 1. The molecule has 0 saturated carbocycles. The highest BCUT2D eigenvalue weighted by Crippen LogP contribution is 2.24. The van der Waals surface area contributed by atoms with Crippen molar-refractivity contribution in [1.82, 2.24) is 14.4 Å². The highest BCUT2D eigenvalue weighted by molar-refractivity contribution is 7.09. The molecule has 0 amide bonds. The molecule has 0 bridgehead atoms. The zero-order valence-corrected chi connectivity index (χ0v) is 20.1. The molecule has 1 atom stereocenters. The predicted octanol–water partition coefficient (Wildman–Crippen LogP) is 3.18. The van der Waals surface area contributed by atoms with E-state index in [9.17, 15) is 19.2 Å². The predicted molar refractivity (Wildman–Crippen MR) is 129 cm³/mol. The lowest BCUT2D eigenvalue weighted by Gasteiger charge is -2.33. The first kappa shape index (κ1) is 24.5. The van der Waals surface area contributed by atoms with Crippen LogP contribution in [-0.4, -0.2) is 51.2 Å². The van der Waals surface area contributed by atoms with Gasteiger partial charge in [-0.05, 0) is 36.1 Å². The maximum atomic E-state index is 14.1. The molecule has 35 heavy (non-hydrogen) atoms. The first-order valence-corrected chi connectivity index (χ1v) is 12.0. The summed E-state index contributed by atoms with van der Waals surface area (Å²) in [5, 5.41) is 21.6. The number of aryl methyl sites for hydroxylation is 2. The van der Waals surface area contributed by atoms with Gasteiger partial charge in [0.25, 0.3) is 5.56 Å². The number of carbonyl (C=O) groups is 1. The van der Waals surface area contributed by atoms with E-state index in [2.05, 4.69) is 35.3 Å². The zero-order valence-electron chi connectivity index (χ0n) is 19.3. The van der Waals surface area contributed by atoms with Gasteiger partial charge in [-0.3, -0.25) is 9.20 Å². The fourth-order valence-electron chi connectivity index (χ4n) is 3.79. The molecule has 1 unspecified atom stereocenters. The van der Waals surface area contributed by atoms with Crippen molar-refractivity contribution in [2.75, 3.05) is 24.7 Å². The molecule has 0 aromatic carbocycles. The number of thiazole rings is 1. The second kappa shape index (κ2) is 10.3. The van der Waals surface area contributed by atoms with Gasteiger partial charge in [0.15, 0.2) is 0 Å². The third kappa shape index (κ3) is 5.23. The Morgan fingerprint density at radius 1 is 1.43 bits per heavy atom. The van der Waals surface area contributed by atoms with E-state index in [0.29, 0.717) is 24.1 Å². The lowest BCUT2D eigenvalue weighted by molar-refractivity contribution is -0.134. The number of aromatic nitrogens is 3. The molecular weight excluding hydrogens is 473 g/mol. The lowest BCUT2D eigenvalue weighted by Crippen LogP contribution is -2.46. The maximum absolute atomic E-state index is 14.1. The van der Waals surface area contributed by atoms with Crippen LogP contribution < -0.4 is 10.5 Å². The van der Waals surface area contributed by atoms with E-state index >= 15 is 0 Å². The third-order valence-corrected chi connectivity index (χ3v) is 6.65. The summed E-state index contributed by atoms with van der Waals surface area (Å²) in [6.07, 6.45) is 3.62. The number of ether oxygens (including phenoxy) is 1. The van der Waals surface area contributed by atoms with Crippen molar-refractivity contribution in [2.24, 2.45) is 0 Å².